The Bertz CT molecular complexity index is 724. The van der Waals surface area contributed by atoms with E-state index < -0.39 is 0 Å². The van der Waals surface area contributed by atoms with Gasteiger partial charge < -0.3 is 9.64 Å². The molecule has 4 rings (SSSR count). The number of benzene rings is 2. The molecule has 28 heavy (non-hydrogen) atoms. The second-order valence-electron chi connectivity index (χ2n) is 8.50. The molecule has 2 aromatic carbocycles. The fraction of sp³-hybridized carbons (Fsp3) is 0.520. The molecule has 2 aromatic rings. The van der Waals surface area contributed by atoms with E-state index in [1.807, 2.05) is 0 Å². The van der Waals surface area contributed by atoms with Crippen molar-refractivity contribution >= 4 is 0 Å². The molecule has 3 nitrogen and oxygen atoms in total. The Balaban J connectivity index is 1.28. The Kier molecular flexibility index (Phi) is 6.79. The van der Waals surface area contributed by atoms with Crippen molar-refractivity contribution in [3.05, 3.63) is 71.3 Å². The summed E-state index contributed by atoms with van der Waals surface area (Å²) >= 11 is 0. The number of piperidine rings is 1. The minimum atomic E-state index is 0.334. The molecule has 0 amide bonds. The van der Waals surface area contributed by atoms with E-state index in [1.54, 1.807) is 5.56 Å². The highest BCUT2D eigenvalue weighted by Crippen LogP contribution is 2.30. The van der Waals surface area contributed by atoms with Gasteiger partial charge in [-0.25, -0.2) is 0 Å². The van der Waals surface area contributed by atoms with Crippen LogP contribution >= 0.6 is 0 Å². The average molecular weight is 379 g/mol. The van der Waals surface area contributed by atoms with Crippen LogP contribution in [0.5, 0.6) is 0 Å². The minimum absolute atomic E-state index is 0.334. The normalized spacial score (nSPS) is 22.8. The van der Waals surface area contributed by atoms with Gasteiger partial charge in [-0.2, -0.15) is 0 Å². The van der Waals surface area contributed by atoms with Crippen LogP contribution in [0.2, 0.25) is 0 Å². The van der Waals surface area contributed by atoms with Gasteiger partial charge in [-0.1, -0.05) is 54.6 Å². The summed E-state index contributed by atoms with van der Waals surface area (Å²) in [7, 11) is 0. The molecular formula is C25H34N2O. The molecule has 2 aliphatic heterocycles. The third-order valence-electron chi connectivity index (χ3n) is 6.36. The molecule has 0 spiro atoms. The van der Waals surface area contributed by atoms with Gasteiger partial charge in [-0.3, -0.25) is 4.90 Å². The van der Waals surface area contributed by atoms with Crippen LogP contribution in [0.1, 0.15) is 41.9 Å². The molecule has 3 heteroatoms. The van der Waals surface area contributed by atoms with E-state index >= 15 is 0 Å². The zero-order valence-corrected chi connectivity index (χ0v) is 17.2. The Morgan fingerprint density at radius 2 is 1.64 bits per heavy atom. The molecule has 0 aliphatic carbocycles. The van der Waals surface area contributed by atoms with Gasteiger partial charge in [0.15, 0.2) is 0 Å². The van der Waals surface area contributed by atoms with Gasteiger partial charge in [-0.05, 0) is 61.9 Å². The minimum Gasteiger partial charge on any atom is -0.376 e. The highest BCUT2D eigenvalue weighted by atomic mass is 16.5. The summed E-state index contributed by atoms with van der Waals surface area (Å²) in [5, 5.41) is 0. The van der Waals surface area contributed by atoms with E-state index in [2.05, 4.69) is 71.3 Å². The van der Waals surface area contributed by atoms with E-state index in [9.17, 15) is 0 Å². The van der Waals surface area contributed by atoms with Gasteiger partial charge in [0.05, 0.1) is 6.10 Å². The van der Waals surface area contributed by atoms with Gasteiger partial charge in [-0.15, -0.1) is 0 Å². The lowest BCUT2D eigenvalue weighted by atomic mass is 9.87. The zero-order valence-electron chi connectivity index (χ0n) is 17.2. The lowest BCUT2D eigenvalue weighted by Gasteiger charge is -2.35. The number of aryl methyl sites for hydroxylation is 1. The topological polar surface area (TPSA) is 15.7 Å². The summed E-state index contributed by atoms with van der Waals surface area (Å²) in [5.41, 5.74) is 4.41. The van der Waals surface area contributed by atoms with Crippen LogP contribution in [-0.2, 0) is 11.3 Å². The maximum Gasteiger partial charge on any atom is 0.0828 e. The van der Waals surface area contributed by atoms with E-state index in [0.29, 0.717) is 6.10 Å². The maximum absolute atomic E-state index is 6.22. The van der Waals surface area contributed by atoms with Crippen molar-refractivity contribution in [1.29, 1.82) is 0 Å². The molecule has 2 heterocycles. The Labute approximate surface area is 170 Å². The van der Waals surface area contributed by atoms with Gasteiger partial charge in [0.25, 0.3) is 0 Å². The van der Waals surface area contributed by atoms with E-state index in [1.165, 1.54) is 37.1 Å². The van der Waals surface area contributed by atoms with Gasteiger partial charge >= 0.3 is 0 Å². The number of likely N-dealkylation sites (tertiary alicyclic amines) is 1. The van der Waals surface area contributed by atoms with Crippen LogP contribution in [0.4, 0.5) is 0 Å². The maximum atomic E-state index is 6.22. The second kappa shape index (κ2) is 9.69. The summed E-state index contributed by atoms with van der Waals surface area (Å²) in [4.78, 5) is 5.21. The third-order valence-corrected chi connectivity index (χ3v) is 6.36. The zero-order chi connectivity index (χ0) is 19.2. The monoisotopic (exact) mass is 378 g/mol. The molecule has 2 aliphatic rings. The molecule has 150 valence electrons. The number of hydrogen-bond acceptors (Lipinski definition) is 3. The molecular weight excluding hydrogens is 344 g/mol. The lowest BCUT2D eigenvalue weighted by molar-refractivity contribution is 0.0203. The molecule has 2 fully saturated rings. The largest absolute Gasteiger partial charge is 0.376 e. The molecule has 0 aromatic heterocycles. The number of rotatable bonds is 5. The van der Waals surface area contributed by atoms with Crippen LogP contribution in [0.15, 0.2) is 54.6 Å². The Morgan fingerprint density at radius 3 is 2.43 bits per heavy atom. The van der Waals surface area contributed by atoms with Crippen LogP contribution in [0, 0.1) is 6.92 Å². The van der Waals surface area contributed by atoms with E-state index in [-0.39, 0.29) is 0 Å². The molecule has 2 saturated heterocycles. The van der Waals surface area contributed by atoms with Gasteiger partial charge in [0, 0.05) is 32.8 Å². The predicted octanol–water partition coefficient (Wildman–Crippen LogP) is 4.47. The van der Waals surface area contributed by atoms with Crippen molar-refractivity contribution in [3.63, 3.8) is 0 Å². The highest BCUT2D eigenvalue weighted by molar-refractivity contribution is 5.29. The van der Waals surface area contributed by atoms with Crippen molar-refractivity contribution in [1.82, 2.24) is 9.80 Å². The van der Waals surface area contributed by atoms with Crippen molar-refractivity contribution in [2.24, 2.45) is 0 Å². The molecule has 0 bridgehead atoms. The number of hydrogen-bond donors (Lipinski definition) is 0. The molecule has 0 saturated carbocycles. The van der Waals surface area contributed by atoms with Crippen molar-refractivity contribution in [2.45, 2.75) is 44.8 Å². The SMILES string of the molecule is Cc1ccccc1C1CCN(CC2CN(Cc3ccccc3)CCCO2)CC1. The first kappa shape index (κ1) is 19.6. The molecule has 1 unspecified atom stereocenters. The van der Waals surface area contributed by atoms with Crippen molar-refractivity contribution in [3.8, 4) is 0 Å². The van der Waals surface area contributed by atoms with Crippen LogP contribution < -0.4 is 0 Å². The van der Waals surface area contributed by atoms with Gasteiger partial charge in [0.1, 0.15) is 0 Å². The van der Waals surface area contributed by atoms with E-state index in [0.717, 1.165) is 45.1 Å². The Hall–Kier alpha value is -1.68. The Morgan fingerprint density at radius 1 is 0.893 bits per heavy atom. The summed E-state index contributed by atoms with van der Waals surface area (Å²) in [5.74, 6) is 0.724. The first-order valence-electron chi connectivity index (χ1n) is 10.9. The first-order chi connectivity index (χ1) is 13.8. The second-order valence-corrected chi connectivity index (χ2v) is 8.50. The van der Waals surface area contributed by atoms with Crippen LogP contribution in [0.3, 0.4) is 0 Å². The summed E-state index contributed by atoms with van der Waals surface area (Å²) < 4.78 is 6.22. The fourth-order valence-electron chi connectivity index (χ4n) is 4.83. The average Bonchev–Trinajstić information content (AvgIpc) is 2.95. The summed E-state index contributed by atoms with van der Waals surface area (Å²) in [6, 6.07) is 19.8. The third kappa shape index (κ3) is 5.22. The summed E-state index contributed by atoms with van der Waals surface area (Å²) in [6.45, 7) is 9.84. The number of nitrogens with zero attached hydrogens (tertiary/aromatic N) is 2. The predicted molar refractivity (Wildman–Crippen MR) is 116 cm³/mol. The smallest absolute Gasteiger partial charge is 0.0828 e. The summed E-state index contributed by atoms with van der Waals surface area (Å²) in [6.07, 6.45) is 4.01. The fourth-order valence-corrected chi connectivity index (χ4v) is 4.83. The molecule has 0 N–H and O–H groups in total. The van der Waals surface area contributed by atoms with Crippen LogP contribution in [0.25, 0.3) is 0 Å². The first-order valence-corrected chi connectivity index (χ1v) is 10.9. The van der Waals surface area contributed by atoms with Crippen LogP contribution in [-0.4, -0.2) is 55.2 Å². The highest BCUT2D eigenvalue weighted by Gasteiger charge is 2.26. The quantitative estimate of drug-likeness (QED) is 0.764. The standard InChI is InChI=1S/C25H34N2O/c1-21-8-5-6-11-25(21)23-12-15-26(16-13-23)19-24-20-27(14-7-17-28-24)18-22-9-3-2-4-10-22/h2-6,8-11,23-24H,7,12-20H2,1H3. The van der Waals surface area contributed by atoms with Crippen molar-refractivity contribution < 1.29 is 4.74 Å². The molecule has 0 radical (unpaired) electrons. The molecule has 1 atom stereocenters. The lowest BCUT2D eigenvalue weighted by Crippen LogP contribution is -2.43. The number of ether oxygens (including phenoxy) is 1. The van der Waals surface area contributed by atoms with Gasteiger partial charge in [0.2, 0.25) is 0 Å². The van der Waals surface area contributed by atoms with E-state index in [4.69, 9.17) is 4.74 Å². The van der Waals surface area contributed by atoms with Crippen molar-refractivity contribution in [2.75, 3.05) is 39.3 Å².